The van der Waals surface area contributed by atoms with Crippen molar-refractivity contribution in [2.75, 3.05) is 13.2 Å². The largest absolute Gasteiger partial charge is 0.381 e. The van der Waals surface area contributed by atoms with Gasteiger partial charge in [-0.1, -0.05) is 30.3 Å². The fourth-order valence-corrected chi connectivity index (χ4v) is 2.07. The van der Waals surface area contributed by atoms with Gasteiger partial charge in [0.2, 0.25) is 0 Å². The summed E-state index contributed by atoms with van der Waals surface area (Å²) in [5.74, 6) is 0. The van der Waals surface area contributed by atoms with Crippen molar-refractivity contribution in [3.63, 3.8) is 0 Å². The highest BCUT2D eigenvalue weighted by Gasteiger charge is 2.27. The Morgan fingerprint density at radius 1 is 1.13 bits per heavy atom. The smallest absolute Gasteiger partial charge is 0.0483 e. The highest BCUT2D eigenvalue weighted by Crippen LogP contribution is 2.23. The number of benzene rings is 1. The van der Waals surface area contributed by atoms with E-state index in [1.807, 2.05) is 0 Å². The fourth-order valence-electron chi connectivity index (χ4n) is 2.07. The van der Waals surface area contributed by atoms with Crippen LogP contribution in [0, 0.1) is 0 Å². The van der Waals surface area contributed by atoms with Crippen LogP contribution in [0.2, 0.25) is 0 Å². The minimum atomic E-state index is 0.00803. The molecule has 1 heterocycles. The van der Waals surface area contributed by atoms with Crippen LogP contribution in [0.5, 0.6) is 0 Å². The monoisotopic (exact) mass is 205 g/mol. The van der Waals surface area contributed by atoms with E-state index in [9.17, 15) is 0 Å². The van der Waals surface area contributed by atoms with Crippen molar-refractivity contribution < 1.29 is 4.74 Å². The van der Waals surface area contributed by atoms with Crippen LogP contribution in [0.15, 0.2) is 30.3 Å². The van der Waals surface area contributed by atoms with Gasteiger partial charge >= 0.3 is 0 Å². The van der Waals surface area contributed by atoms with E-state index in [-0.39, 0.29) is 5.54 Å². The van der Waals surface area contributed by atoms with Crippen LogP contribution in [0.25, 0.3) is 0 Å². The summed E-state index contributed by atoms with van der Waals surface area (Å²) in [7, 11) is 0. The number of hydrogen-bond acceptors (Lipinski definition) is 2. The third kappa shape index (κ3) is 3.05. The van der Waals surface area contributed by atoms with E-state index in [0.29, 0.717) is 0 Å². The molecule has 1 aliphatic rings. The zero-order valence-electron chi connectivity index (χ0n) is 9.11. The molecule has 0 unspecified atom stereocenters. The first-order chi connectivity index (χ1) is 7.29. The van der Waals surface area contributed by atoms with Gasteiger partial charge in [0.1, 0.15) is 0 Å². The molecule has 0 radical (unpaired) electrons. The molecule has 1 aromatic rings. The zero-order chi connectivity index (χ0) is 10.6. The molecule has 0 amide bonds. The van der Waals surface area contributed by atoms with E-state index in [4.69, 9.17) is 10.5 Å². The summed E-state index contributed by atoms with van der Waals surface area (Å²) in [6.45, 7) is 1.65. The number of rotatable bonds is 3. The SMILES string of the molecule is NC1(CCc2ccccc2)CCOCC1. The van der Waals surface area contributed by atoms with Crippen molar-refractivity contribution in [1.29, 1.82) is 0 Å². The van der Waals surface area contributed by atoms with Crippen molar-refractivity contribution >= 4 is 0 Å². The summed E-state index contributed by atoms with van der Waals surface area (Å²) in [6.07, 6.45) is 4.15. The molecule has 1 aromatic carbocycles. The Labute approximate surface area is 91.4 Å². The van der Waals surface area contributed by atoms with Crippen LogP contribution in [-0.2, 0) is 11.2 Å². The molecule has 0 atom stereocenters. The number of nitrogens with two attached hydrogens (primary N) is 1. The third-order valence-corrected chi connectivity index (χ3v) is 3.24. The topological polar surface area (TPSA) is 35.2 Å². The van der Waals surface area contributed by atoms with Gasteiger partial charge in [-0.2, -0.15) is 0 Å². The van der Waals surface area contributed by atoms with Gasteiger partial charge in [-0.25, -0.2) is 0 Å². The van der Waals surface area contributed by atoms with Crippen LogP contribution in [0.3, 0.4) is 0 Å². The lowest BCUT2D eigenvalue weighted by Gasteiger charge is -2.33. The van der Waals surface area contributed by atoms with Gasteiger partial charge in [-0.3, -0.25) is 0 Å². The van der Waals surface area contributed by atoms with Crippen molar-refractivity contribution in [2.45, 2.75) is 31.2 Å². The summed E-state index contributed by atoms with van der Waals surface area (Å²) in [4.78, 5) is 0. The molecule has 2 nitrogen and oxygen atoms in total. The van der Waals surface area contributed by atoms with Crippen molar-refractivity contribution in [2.24, 2.45) is 5.73 Å². The van der Waals surface area contributed by atoms with Crippen molar-refractivity contribution in [1.82, 2.24) is 0 Å². The summed E-state index contributed by atoms with van der Waals surface area (Å²) < 4.78 is 5.34. The lowest BCUT2D eigenvalue weighted by molar-refractivity contribution is 0.0503. The van der Waals surface area contributed by atoms with E-state index >= 15 is 0 Å². The first kappa shape index (κ1) is 10.7. The molecule has 1 aliphatic heterocycles. The average Bonchev–Trinajstić information content (AvgIpc) is 2.29. The van der Waals surface area contributed by atoms with Gasteiger partial charge < -0.3 is 10.5 Å². The summed E-state index contributed by atoms with van der Waals surface area (Å²) in [5.41, 5.74) is 7.72. The summed E-state index contributed by atoms with van der Waals surface area (Å²) in [5, 5.41) is 0. The minimum Gasteiger partial charge on any atom is -0.381 e. The zero-order valence-corrected chi connectivity index (χ0v) is 9.11. The molecule has 0 aromatic heterocycles. The Morgan fingerprint density at radius 2 is 1.80 bits per heavy atom. The van der Waals surface area contributed by atoms with Gasteiger partial charge in [0, 0.05) is 18.8 Å². The summed E-state index contributed by atoms with van der Waals surface area (Å²) in [6, 6.07) is 10.6. The second kappa shape index (κ2) is 4.77. The maximum Gasteiger partial charge on any atom is 0.0483 e. The second-order valence-corrected chi connectivity index (χ2v) is 4.46. The first-order valence-electron chi connectivity index (χ1n) is 5.69. The Kier molecular flexibility index (Phi) is 3.39. The quantitative estimate of drug-likeness (QED) is 0.820. The highest BCUT2D eigenvalue weighted by atomic mass is 16.5. The maximum absolute atomic E-state index is 6.33. The molecule has 2 rings (SSSR count). The number of aryl methyl sites for hydroxylation is 1. The molecule has 0 aliphatic carbocycles. The van der Waals surface area contributed by atoms with Crippen LogP contribution >= 0.6 is 0 Å². The normalized spacial score (nSPS) is 20.1. The highest BCUT2D eigenvalue weighted by molar-refractivity contribution is 5.15. The van der Waals surface area contributed by atoms with Crippen molar-refractivity contribution in [3.05, 3.63) is 35.9 Å². The van der Waals surface area contributed by atoms with Gasteiger partial charge in [0.15, 0.2) is 0 Å². The number of hydrogen-bond donors (Lipinski definition) is 1. The molecule has 15 heavy (non-hydrogen) atoms. The van der Waals surface area contributed by atoms with E-state index in [2.05, 4.69) is 30.3 Å². The van der Waals surface area contributed by atoms with Crippen molar-refractivity contribution in [3.8, 4) is 0 Å². The minimum absolute atomic E-state index is 0.00803. The average molecular weight is 205 g/mol. The molecule has 2 heteroatoms. The summed E-state index contributed by atoms with van der Waals surface area (Å²) >= 11 is 0. The molecule has 0 bridgehead atoms. The predicted molar refractivity (Wildman–Crippen MR) is 61.7 cm³/mol. The molecule has 2 N–H and O–H groups in total. The van der Waals surface area contributed by atoms with E-state index < -0.39 is 0 Å². The first-order valence-corrected chi connectivity index (χ1v) is 5.69. The van der Waals surface area contributed by atoms with E-state index in [1.54, 1.807) is 0 Å². The Hall–Kier alpha value is -0.860. The van der Waals surface area contributed by atoms with Crippen LogP contribution in [-0.4, -0.2) is 18.8 Å². The predicted octanol–water partition coefficient (Wildman–Crippen LogP) is 2.13. The molecule has 0 spiro atoms. The van der Waals surface area contributed by atoms with Gasteiger partial charge in [-0.05, 0) is 31.2 Å². The number of ether oxygens (including phenoxy) is 1. The lowest BCUT2D eigenvalue weighted by Crippen LogP contribution is -2.45. The van der Waals surface area contributed by atoms with Gasteiger partial charge in [0.25, 0.3) is 0 Å². The van der Waals surface area contributed by atoms with Crippen LogP contribution in [0.1, 0.15) is 24.8 Å². The second-order valence-electron chi connectivity index (χ2n) is 4.46. The van der Waals surface area contributed by atoms with E-state index in [0.717, 1.165) is 38.9 Å². The molecular weight excluding hydrogens is 186 g/mol. The lowest BCUT2D eigenvalue weighted by atomic mass is 9.85. The van der Waals surface area contributed by atoms with Crippen LogP contribution < -0.4 is 5.73 Å². The van der Waals surface area contributed by atoms with Gasteiger partial charge in [0.05, 0.1) is 0 Å². The molecule has 1 fully saturated rings. The Bertz CT molecular complexity index is 291. The maximum atomic E-state index is 6.33. The molecule has 82 valence electrons. The Morgan fingerprint density at radius 3 is 2.47 bits per heavy atom. The molecular formula is C13H19NO. The standard InChI is InChI=1S/C13H19NO/c14-13(8-10-15-11-9-13)7-6-12-4-2-1-3-5-12/h1-5H,6-11,14H2. The molecule has 0 saturated carbocycles. The van der Waals surface area contributed by atoms with E-state index in [1.165, 1.54) is 5.56 Å². The van der Waals surface area contributed by atoms with Crippen LogP contribution in [0.4, 0.5) is 0 Å². The third-order valence-electron chi connectivity index (χ3n) is 3.24. The Balaban J connectivity index is 1.87. The molecule has 1 saturated heterocycles. The van der Waals surface area contributed by atoms with Gasteiger partial charge in [-0.15, -0.1) is 0 Å². The fraction of sp³-hybridized carbons (Fsp3) is 0.538.